The van der Waals surface area contributed by atoms with Crippen molar-refractivity contribution in [3.05, 3.63) is 41.2 Å². The summed E-state index contributed by atoms with van der Waals surface area (Å²) in [7, 11) is 0. The zero-order valence-corrected chi connectivity index (χ0v) is 11.4. The topological polar surface area (TPSA) is 90.3 Å². The predicted octanol–water partition coefficient (Wildman–Crippen LogP) is 2.85. The summed E-state index contributed by atoms with van der Waals surface area (Å²) in [5.74, 6) is 0.516. The quantitative estimate of drug-likeness (QED) is 0.771. The molecule has 0 amide bonds. The van der Waals surface area contributed by atoms with Crippen LogP contribution in [0.25, 0.3) is 11.3 Å². The molecule has 0 saturated carbocycles. The zero-order valence-electron chi connectivity index (χ0n) is 10.6. The van der Waals surface area contributed by atoms with Gasteiger partial charge in [-0.05, 0) is 19.1 Å². The minimum absolute atomic E-state index is 0.491. The van der Waals surface area contributed by atoms with E-state index in [1.807, 2.05) is 6.92 Å². The van der Waals surface area contributed by atoms with Crippen LogP contribution in [-0.4, -0.2) is 20.2 Å². The van der Waals surface area contributed by atoms with Gasteiger partial charge in [-0.2, -0.15) is 10.4 Å². The van der Waals surface area contributed by atoms with Crippen LogP contribution in [-0.2, 0) is 0 Å². The summed E-state index contributed by atoms with van der Waals surface area (Å²) >= 11 is 1.51. The molecule has 0 aliphatic rings. The molecule has 20 heavy (non-hydrogen) atoms. The van der Waals surface area contributed by atoms with E-state index >= 15 is 0 Å². The van der Waals surface area contributed by atoms with Crippen molar-refractivity contribution in [1.82, 2.24) is 20.2 Å². The molecule has 0 atom stereocenters. The van der Waals surface area contributed by atoms with E-state index in [-0.39, 0.29) is 0 Å². The van der Waals surface area contributed by atoms with Crippen molar-refractivity contribution in [1.29, 1.82) is 5.26 Å². The minimum atomic E-state index is 0.491. The van der Waals surface area contributed by atoms with Crippen molar-refractivity contribution < 1.29 is 0 Å². The molecule has 0 spiro atoms. The number of H-pyrrole nitrogens is 1. The van der Waals surface area contributed by atoms with E-state index in [4.69, 9.17) is 5.26 Å². The molecule has 6 nitrogen and oxygen atoms in total. The molecule has 3 aromatic heterocycles. The van der Waals surface area contributed by atoms with Gasteiger partial charge in [0.1, 0.15) is 11.9 Å². The summed E-state index contributed by atoms with van der Waals surface area (Å²) in [6.45, 7) is 1.99. The Hall–Kier alpha value is -2.72. The monoisotopic (exact) mass is 282 g/mol. The Morgan fingerprint density at radius 3 is 3.10 bits per heavy atom. The highest BCUT2D eigenvalue weighted by atomic mass is 32.1. The molecule has 98 valence electrons. The summed E-state index contributed by atoms with van der Waals surface area (Å²) in [6, 6.07) is 5.55. The number of aryl methyl sites for hydroxylation is 1. The molecule has 3 heterocycles. The van der Waals surface area contributed by atoms with Gasteiger partial charge >= 0.3 is 0 Å². The van der Waals surface area contributed by atoms with Crippen molar-refractivity contribution in [2.45, 2.75) is 6.92 Å². The van der Waals surface area contributed by atoms with E-state index in [2.05, 4.69) is 31.6 Å². The maximum absolute atomic E-state index is 9.05. The second-order valence-electron chi connectivity index (χ2n) is 4.05. The fraction of sp³-hybridized carbons (Fsp3) is 0.0769. The maximum Gasteiger partial charge on any atom is 0.189 e. The summed E-state index contributed by atoms with van der Waals surface area (Å²) < 4.78 is 0. The summed E-state index contributed by atoms with van der Waals surface area (Å²) in [5, 5.41) is 19.5. The van der Waals surface area contributed by atoms with E-state index in [9.17, 15) is 0 Å². The number of thiazole rings is 1. The van der Waals surface area contributed by atoms with Gasteiger partial charge in [0.25, 0.3) is 0 Å². The van der Waals surface area contributed by atoms with E-state index in [1.165, 1.54) is 11.3 Å². The van der Waals surface area contributed by atoms with E-state index < -0.39 is 0 Å². The molecule has 0 unspecified atom stereocenters. The Balaban J connectivity index is 1.93. The molecular weight excluding hydrogens is 272 g/mol. The lowest BCUT2D eigenvalue weighted by Gasteiger charge is -2.02. The second-order valence-corrected chi connectivity index (χ2v) is 5.25. The Morgan fingerprint density at radius 2 is 2.35 bits per heavy atom. The number of nitrogens with one attached hydrogen (secondary N) is 2. The normalized spacial score (nSPS) is 10.2. The molecule has 2 N–H and O–H groups in total. The van der Waals surface area contributed by atoms with E-state index in [0.717, 1.165) is 16.1 Å². The smallest absolute Gasteiger partial charge is 0.189 e. The third kappa shape index (κ3) is 2.24. The Morgan fingerprint density at radius 1 is 1.45 bits per heavy atom. The van der Waals surface area contributed by atoms with E-state index in [1.54, 1.807) is 30.7 Å². The van der Waals surface area contributed by atoms with Crippen LogP contribution in [0.2, 0.25) is 0 Å². The van der Waals surface area contributed by atoms with Crippen LogP contribution in [0, 0.1) is 18.3 Å². The third-order valence-electron chi connectivity index (χ3n) is 2.72. The molecular formula is C13H10N6S. The first-order valence-corrected chi connectivity index (χ1v) is 6.68. The molecule has 0 fully saturated rings. The second kappa shape index (κ2) is 5.11. The van der Waals surface area contributed by atoms with Crippen LogP contribution in [0.15, 0.2) is 30.7 Å². The van der Waals surface area contributed by atoms with Crippen molar-refractivity contribution in [2.24, 2.45) is 0 Å². The Kier molecular flexibility index (Phi) is 3.15. The number of nitriles is 1. The van der Waals surface area contributed by atoms with Crippen LogP contribution in [0.1, 0.15) is 10.4 Å². The summed E-state index contributed by atoms with van der Waals surface area (Å²) in [4.78, 5) is 9.75. The Labute approximate surface area is 119 Å². The highest BCUT2D eigenvalue weighted by molar-refractivity contribution is 7.16. The lowest BCUT2D eigenvalue weighted by atomic mass is 10.2. The average Bonchev–Trinajstić information content (AvgIpc) is 3.09. The van der Waals surface area contributed by atoms with Crippen LogP contribution in [0.3, 0.4) is 0 Å². The maximum atomic E-state index is 9.05. The number of aromatic nitrogens is 4. The highest BCUT2D eigenvalue weighted by Gasteiger charge is 2.12. The van der Waals surface area contributed by atoms with Crippen molar-refractivity contribution in [2.75, 3.05) is 5.32 Å². The number of aromatic amines is 1. The first kappa shape index (κ1) is 12.3. The van der Waals surface area contributed by atoms with Gasteiger partial charge in [0.05, 0.1) is 17.5 Å². The van der Waals surface area contributed by atoms with Crippen molar-refractivity contribution >= 4 is 22.3 Å². The Bertz CT molecular complexity index is 769. The van der Waals surface area contributed by atoms with Crippen molar-refractivity contribution in [3.8, 4) is 17.3 Å². The molecule has 3 rings (SSSR count). The van der Waals surface area contributed by atoms with Gasteiger partial charge in [0.2, 0.25) is 0 Å². The molecule has 0 aromatic carbocycles. The standard InChI is InChI=1S/C13H10N6S/c1-8-11(10-6-16-17-7-10)18-13(20-8)19-12-9(5-14)3-2-4-15-12/h2-4,6-7H,1H3,(H,16,17)(H,15,18,19). The van der Waals surface area contributed by atoms with Gasteiger partial charge in [-0.25, -0.2) is 9.97 Å². The molecule has 0 aliphatic heterocycles. The molecule has 0 saturated heterocycles. The molecule has 7 heteroatoms. The van der Waals surface area contributed by atoms with Crippen LogP contribution in [0.4, 0.5) is 10.9 Å². The number of rotatable bonds is 3. The molecule has 0 radical (unpaired) electrons. The largest absolute Gasteiger partial charge is 0.315 e. The number of hydrogen-bond donors (Lipinski definition) is 2. The number of pyridine rings is 1. The molecule has 0 aliphatic carbocycles. The fourth-order valence-electron chi connectivity index (χ4n) is 1.79. The highest BCUT2D eigenvalue weighted by Crippen LogP contribution is 2.31. The van der Waals surface area contributed by atoms with Crippen LogP contribution in [0.5, 0.6) is 0 Å². The lowest BCUT2D eigenvalue weighted by Crippen LogP contribution is -1.95. The third-order valence-corrected chi connectivity index (χ3v) is 3.61. The van der Waals surface area contributed by atoms with Gasteiger partial charge in [-0.15, -0.1) is 11.3 Å². The molecule has 0 bridgehead atoms. The van der Waals surface area contributed by atoms with E-state index in [0.29, 0.717) is 16.5 Å². The number of hydrogen-bond acceptors (Lipinski definition) is 6. The number of nitrogens with zero attached hydrogens (tertiary/aromatic N) is 4. The predicted molar refractivity (Wildman–Crippen MR) is 76.7 cm³/mol. The minimum Gasteiger partial charge on any atom is -0.315 e. The van der Waals surface area contributed by atoms with Gasteiger partial charge in [0.15, 0.2) is 5.13 Å². The van der Waals surface area contributed by atoms with Gasteiger partial charge < -0.3 is 5.32 Å². The summed E-state index contributed by atoms with van der Waals surface area (Å²) in [5.41, 5.74) is 2.30. The van der Waals surface area contributed by atoms with Gasteiger partial charge in [-0.3, -0.25) is 5.10 Å². The lowest BCUT2D eigenvalue weighted by molar-refractivity contribution is 1.09. The van der Waals surface area contributed by atoms with Crippen molar-refractivity contribution in [3.63, 3.8) is 0 Å². The van der Waals surface area contributed by atoms with Gasteiger partial charge in [0, 0.05) is 22.8 Å². The number of anilines is 2. The first-order chi connectivity index (χ1) is 9.78. The summed E-state index contributed by atoms with van der Waals surface area (Å²) in [6.07, 6.45) is 5.17. The first-order valence-electron chi connectivity index (χ1n) is 5.86. The van der Waals surface area contributed by atoms with Crippen LogP contribution < -0.4 is 5.32 Å². The zero-order chi connectivity index (χ0) is 13.9. The SMILES string of the molecule is Cc1sc(Nc2ncccc2C#N)nc1-c1cn[nH]c1. The van der Waals surface area contributed by atoms with Gasteiger partial charge in [-0.1, -0.05) is 0 Å². The molecule has 3 aromatic rings. The average molecular weight is 282 g/mol. The van der Waals surface area contributed by atoms with Crippen LogP contribution >= 0.6 is 11.3 Å². The fourth-order valence-corrected chi connectivity index (χ4v) is 2.63.